The van der Waals surface area contributed by atoms with E-state index in [-0.39, 0.29) is 6.04 Å². The van der Waals surface area contributed by atoms with Gasteiger partial charge in [0.15, 0.2) is 0 Å². The van der Waals surface area contributed by atoms with Crippen LogP contribution in [0.25, 0.3) is 0 Å². The first-order valence-electron chi connectivity index (χ1n) is 11.4. The molecule has 0 saturated heterocycles. The molecule has 0 aromatic rings. The number of rotatable bonds is 20. The first-order chi connectivity index (χ1) is 12.2. The summed E-state index contributed by atoms with van der Waals surface area (Å²) in [5.74, 6) is 0. The molecule has 3 nitrogen and oxygen atoms in total. The fourth-order valence-electron chi connectivity index (χ4n) is 3.22. The van der Waals surface area contributed by atoms with E-state index in [4.69, 9.17) is 5.73 Å². The summed E-state index contributed by atoms with van der Waals surface area (Å²) in [6.07, 6.45) is 20.0. The molecule has 0 radical (unpaired) electrons. The third-order valence-electron chi connectivity index (χ3n) is 4.95. The Morgan fingerprint density at radius 1 is 0.640 bits per heavy atom. The largest absolute Gasteiger partial charge is 0.327 e. The Balaban J connectivity index is 3.07. The van der Waals surface area contributed by atoms with Crippen molar-refractivity contribution in [2.45, 2.75) is 123 Å². The Hall–Kier alpha value is -0.120. The number of unbranched alkanes of at least 4 members (excludes halogenated alkanes) is 13. The van der Waals surface area contributed by atoms with E-state index < -0.39 is 0 Å². The molecule has 0 saturated carbocycles. The van der Waals surface area contributed by atoms with Gasteiger partial charge in [-0.2, -0.15) is 0 Å². The molecule has 2 atom stereocenters. The topological polar surface area (TPSA) is 50.1 Å². The van der Waals surface area contributed by atoms with Crippen LogP contribution in [0.4, 0.5) is 0 Å². The van der Waals surface area contributed by atoms with Gasteiger partial charge in [0.1, 0.15) is 0 Å². The van der Waals surface area contributed by atoms with E-state index in [0.29, 0.717) is 6.04 Å². The molecular weight excluding hydrogens is 306 g/mol. The van der Waals surface area contributed by atoms with Crippen molar-refractivity contribution in [2.24, 2.45) is 5.73 Å². The van der Waals surface area contributed by atoms with E-state index >= 15 is 0 Å². The number of hydrogen-bond donors (Lipinski definition) is 3. The molecule has 0 aliphatic carbocycles. The molecule has 0 aromatic heterocycles. The first kappa shape index (κ1) is 24.9. The lowest BCUT2D eigenvalue weighted by Gasteiger charge is -2.16. The zero-order chi connectivity index (χ0) is 18.6. The van der Waals surface area contributed by atoms with Crippen molar-refractivity contribution in [1.82, 2.24) is 10.6 Å². The maximum atomic E-state index is 5.75. The van der Waals surface area contributed by atoms with Gasteiger partial charge in [0, 0.05) is 25.2 Å². The Morgan fingerprint density at radius 2 is 1.08 bits per heavy atom. The summed E-state index contributed by atoms with van der Waals surface area (Å²) in [5, 5.41) is 7.00. The first-order valence-corrected chi connectivity index (χ1v) is 11.4. The summed E-state index contributed by atoms with van der Waals surface area (Å²) >= 11 is 0. The third-order valence-corrected chi connectivity index (χ3v) is 4.95. The molecular formula is C22H49N3. The van der Waals surface area contributed by atoms with Crippen LogP contribution in [0.5, 0.6) is 0 Å². The van der Waals surface area contributed by atoms with Crippen molar-refractivity contribution < 1.29 is 0 Å². The highest BCUT2D eigenvalue weighted by Gasteiger charge is 2.01. The van der Waals surface area contributed by atoms with Gasteiger partial charge in [0.2, 0.25) is 0 Å². The van der Waals surface area contributed by atoms with Gasteiger partial charge in [-0.05, 0) is 26.8 Å². The van der Waals surface area contributed by atoms with Crippen LogP contribution in [-0.2, 0) is 0 Å². The van der Waals surface area contributed by atoms with Crippen LogP contribution in [-0.4, -0.2) is 31.7 Å². The SMILES string of the molecule is CCCCCCCCCCCCCCCCNCC(C)NCC(C)N. The van der Waals surface area contributed by atoms with Crippen molar-refractivity contribution >= 4 is 0 Å². The molecule has 0 spiro atoms. The van der Waals surface area contributed by atoms with Crippen molar-refractivity contribution in [3.63, 3.8) is 0 Å². The molecule has 2 unspecified atom stereocenters. The molecule has 25 heavy (non-hydrogen) atoms. The van der Waals surface area contributed by atoms with Gasteiger partial charge in [-0.1, -0.05) is 90.4 Å². The van der Waals surface area contributed by atoms with Gasteiger partial charge < -0.3 is 16.4 Å². The van der Waals surface area contributed by atoms with E-state index in [9.17, 15) is 0 Å². The van der Waals surface area contributed by atoms with Gasteiger partial charge in [0.25, 0.3) is 0 Å². The molecule has 0 bridgehead atoms. The molecule has 0 fully saturated rings. The smallest absolute Gasteiger partial charge is 0.0164 e. The monoisotopic (exact) mass is 355 g/mol. The lowest BCUT2D eigenvalue weighted by molar-refractivity contribution is 0.474. The predicted molar refractivity (Wildman–Crippen MR) is 114 cm³/mol. The van der Waals surface area contributed by atoms with E-state index in [1.165, 1.54) is 89.9 Å². The van der Waals surface area contributed by atoms with Crippen LogP contribution in [0, 0.1) is 0 Å². The van der Waals surface area contributed by atoms with Crippen LogP contribution in [0.15, 0.2) is 0 Å². The third kappa shape index (κ3) is 21.8. The number of nitrogens with one attached hydrogen (secondary N) is 2. The lowest BCUT2D eigenvalue weighted by atomic mass is 10.0. The summed E-state index contributed by atoms with van der Waals surface area (Å²) in [6, 6.07) is 0.755. The van der Waals surface area contributed by atoms with E-state index in [2.05, 4.69) is 24.5 Å². The fraction of sp³-hybridized carbons (Fsp3) is 1.00. The van der Waals surface area contributed by atoms with Gasteiger partial charge in [-0.3, -0.25) is 0 Å². The average Bonchev–Trinajstić information content (AvgIpc) is 2.59. The minimum Gasteiger partial charge on any atom is -0.327 e. The van der Waals surface area contributed by atoms with Crippen molar-refractivity contribution in [3.8, 4) is 0 Å². The average molecular weight is 356 g/mol. The molecule has 3 heteroatoms. The standard InChI is InChI=1S/C22H49N3/c1-4-5-6-7-8-9-10-11-12-13-14-15-16-17-18-24-20-22(3)25-19-21(2)23/h21-22,24-25H,4-20,23H2,1-3H3. The van der Waals surface area contributed by atoms with Crippen molar-refractivity contribution in [1.29, 1.82) is 0 Å². The molecule has 0 amide bonds. The summed E-state index contributed by atoms with van der Waals surface area (Å²) < 4.78 is 0. The van der Waals surface area contributed by atoms with Crippen LogP contribution < -0.4 is 16.4 Å². The van der Waals surface area contributed by atoms with Gasteiger partial charge in [-0.25, -0.2) is 0 Å². The molecule has 0 rings (SSSR count). The van der Waals surface area contributed by atoms with Gasteiger partial charge in [0.05, 0.1) is 0 Å². The van der Waals surface area contributed by atoms with Crippen LogP contribution >= 0.6 is 0 Å². The van der Waals surface area contributed by atoms with Crippen LogP contribution in [0.3, 0.4) is 0 Å². The Kier molecular flexibility index (Phi) is 20.1. The van der Waals surface area contributed by atoms with Gasteiger partial charge in [-0.15, -0.1) is 0 Å². The summed E-state index contributed by atoms with van der Waals surface area (Å²) in [4.78, 5) is 0. The summed E-state index contributed by atoms with van der Waals surface area (Å²) in [7, 11) is 0. The quantitative estimate of drug-likeness (QED) is 0.257. The maximum Gasteiger partial charge on any atom is 0.0164 e. The van der Waals surface area contributed by atoms with E-state index in [1.54, 1.807) is 0 Å². The Labute approximate surface area is 159 Å². The highest BCUT2D eigenvalue weighted by molar-refractivity contribution is 4.67. The maximum absolute atomic E-state index is 5.75. The summed E-state index contributed by atoms with van der Waals surface area (Å²) in [6.45, 7) is 9.66. The highest BCUT2D eigenvalue weighted by atomic mass is 15.0. The normalized spacial score (nSPS) is 13.9. The fourth-order valence-corrected chi connectivity index (χ4v) is 3.22. The molecule has 0 aliphatic heterocycles. The van der Waals surface area contributed by atoms with Crippen molar-refractivity contribution in [2.75, 3.05) is 19.6 Å². The van der Waals surface area contributed by atoms with Crippen LogP contribution in [0.2, 0.25) is 0 Å². The van der Waals surface area contributed by atoms with Crippen molar-refractivity contribution in [3.05, 3.63) is 0 Å². The van der Waals surface area contributed by atoms with Gasteiger partial charge >= 0.3 is 0 Å². The van der Waals surface area contributed by atoms with E-state index in [0.717, 1.165) is 19.6 Å². The molecule has 0 aliphatic rings. The number of hydrogen-bond acceptors (Lipinski definition) is 3. The zero-order valence-electron chi connectivity index (χ0n) is 17.8. The second-order valence-corrected chi connectivity index (χ2v) is 8.09. The number of nitrogens with two attached hydrogens (primary N) is 1. The van der Waals surface area contributed by atoms with E-state index in [1.807, 2.05) is 6.92 Å². The minimum absolute atomic E-state index is 0.244. The van der Waals surface area contributed by atoms with Crippen LogP contribution in [0.1, 0.15) is 111 Å². The second-order valence-electron chi connectivity index (χ2n) is 8.09. The second kappa shape index (κ2) is 20.2. The lowest BCUT2D eigenvalue weighted by Crippen LogP contribution is -2.41. The molecule has 0 heterocycles. The predicted octanol–water partition coefficient (Wildman–Crippen LogP) is 5.38. The molecule has 0 aromatic carbocycles. The molecule has 152 valence electrons. The Morgan fingerprint density at radius 3 is 1.52 bits per heavy atom. The minimum atomic E-state index is 0.244. The Bertz CT molecular complexity index is 243. The zero-order valence-corrected chi connectivity index (χ0v) is 17.8. The molecule has 4 N–H and O–H groups in total. The summed E-state index contributed by atoms with van der Waals surface area (Å²) in [5.41, 5.74) is 5.75. The highest BCUT2D eigenvalue weighted by Crippen LogP contribution is 2.12.